The van der Waals surface area contributed by atoms with E-state index in [-0.39, 0.29) is 23.3 Å². The van der Waals surface area contributed by atoms with E-state index in [1.165, 1.54) is 5.56 Å². The number of fused-ring (bicyclic) bond motifs is 1. The summed E-state index contributed by atoms with van der Waals surface area (Å²) in [6.45, 7) is 7.32. The highest BCUT2D eigenvalue weighted by molar-refractivity contribution is 5.95. The summed E-state index contributed by atoms with van der Waals surface area (Å²) >= 11 is 0. The van der Waals surface area contributed by atoms with Gasteiger partial charge in [-0.05, 0) is 87.0 Å². The second-order valence-corrected chi connectivity index (χ2v) is 9.43. The van der Waals surface area contributed by atoms with E-state index < -0.39 is 0 Å². The first-order valence-electron chi connectivity index (χ1n) is 11.8. The molecule has 0 radical (unpaired) electrons. The van der Waals surface area contributed by atoms with Gasteiger partial charge in [-0.1, -0.05) is 19.1 Å². The van der Waals surface area contributed by atoms with E-state index in [1.807, 2.05) is 30.3 Å². The third-order valence-electron chi connectivity index (χ3n) is 7.04. The van der Waals surface area contributed by atoms with E-state index in [0.29, 0.717) is 29.9 Å². The van der Waals surface area contributed by atoms with Crippen molar-refractivity contribution in [2.75, 3.05) is 19.6 Å². The lowest BCUT2D eigenvalue weighted by atomic mass is 9.83. The second-order valence-electron chi connectivity index (χ2n) is 9.43. The number of benzene rings is 2. The molecule has 0 spiro atoms. The van der Waals surface area contributed by atoms with Crippen LogP contribution in [0.3, 0.4) is 0 Å². The standard InChI is InChI=1S/C26H33N3O4/c1-3-29-13-11-26(2,12-14-29)27-24(30)19-5-4-6-22(16-19)33-23-10-9-18-7-8-20(25(31)28-32)15-21(18)17-23/h4-6,9-10,16-17,20,32H,3,7-8,11-15H2,1-2H3,(H,27,30)(H,28,31). The van der Waals surface area contributed by atoms with E-state index in [2.05, 4.69) is 24.1 Å². The third kappa shape index (κ3) is 5.54. The number of hydroxylamine groups is 1. The topological polar surface area (TPSA) is 90.9 Å². The Balaban J connectivity index is 1.42. The van der Waals surface area contributed by atoms with E-state index in [1.54, 1.807) is 17.6 Å². The first-order chi connectivity index (χ1) is 15.9. The number of rotatable bonds is 6. The van der Waals surface area contributed by atoms with Gasteiger partial charge in [-0.2, -0.15) is 0 Å². The van der Waals surface area contributed by atoms with Crippen molar-refractivity contribution in [3.63, 3.8) is 0 Å². The summed E-state index contributed by atoms with van der Waals surface area (Å²) in [5, 5.41) is 12.2. The van der Waals surface area contributed by atoms with Gasteiger partial charge in [0.25, 0.3) is 5.91 Å². The van der Waals surface area contributed by atoms with Crippen LogP contribution in [0.5, 0.6) is 11.5 Å². The van der Waals surface area contributed by atoms with Crippen LogP contribution in [0.4, 0.5) is 0 Å². The van der Waals surface area contributed by atoms with Gasteiger partial charge in [-0.25, -0.2) is 5.48 Å². The zero-order chi connectivity index (χ0) is 23.4. The lowest BCUT2D eigenvalue weighted by Gasteiger charge is -2.39. The number of likely N-dealkylation sites (tertiary alicyclic amines) is 1. The molecule has 1 aliphatic heterocycles. The fourth-order valence-electron chi connectivity index (χ4n) is 4.78. The van der Waals surface area contributed by atoms with Gasteiger partial charge in [0.05, 0.1) is 0 Å². The third-order valence-corrected chi connectivity index (χ3v) is 7.04. The number of piperidine rings is 1. The van der Waals surface area contributed by atoms with Crippen molar-refractivity contribution in [3.8, 4) is 11.5 Å². The van der Waals surface area contributed by atoms with Crippen molar-refractivity contribution in [2.45, 2.75) is 51.5 Å². The number of amides is 2. The number of nitrogens with zero attached hydrogens (tertiary/aromatic N) is 1. The summed E-state index contributed by atoms with van der Waals surface area (Å²) < 4.78 is 6.06. The minimum atomic E-state index is -0.347. The van der Waals surface area contributed by atoms with Gasteiger partial charge in [0.2, 0.25) is 5.91 Å². The van der Waals surface area contributed by atoms with Crippen LogP contribution in [-0.4, -0.2) is 47.1 Å². The van der Waals surface area contributed by atoms with Crippen LogP contribution in [-0.2, 0) is 17.6 Å². The van der Waals surface area contributed by atoms with Crippen molar-refractivity contribution in [1.82, 2.24) is 15.7 Å². The molecule has 3 N–H and O–H groups in total. The summed E-state index contributed by atoms with van der Waals surface area (Å²) in [5.41, 5.74) is 4.38. The average molecular weight is 452 g/mol. The molecule has 4 rings (SSSR count). The Morgan fingerprint density at radius 3 is 2.61 bits per heavy atom. The van der Waals surface area contributed by atoms with Gasteiger partial charge in [-0.15, -0.1) is 0 Å². The summed E-state index contributed by atoms with van der Waals surface area (Å²) in [6, 6.07) is 13.1. The molecule has 176 valence electrons. The lowest BCUT2D eigenvalue weighted by molar-refractivity contribution is -0.133. The number of ether oxygens (including phenoxy) is 1. The maximum atomic E-state index is 13.0. The number of carbonyl (C=O) groups is 2. The molecule has 1 saturated heterocycles. The number of carbonyl (C=O) groups excluding carboxylic acids is 2. The Morgan fingerprint density at radius 2 is 1.88 bits per heavy atom. The highest BCUT2D eigenvalue weighted by atomic mass is 16.5. The highest BCUT2D eigenvalue weighted by Crippen LogP contribution is 2.31. The molecule has 2 aromatic carbocycles. The molecule has 2 amide bonds. The van der Waals surface area contributed by atoms with Crippen molar-refractivity contribution in [3.05, 3.63) is 59.2 Å². The highest BCUT2D eigenvalue weighted by Gasteiger charge is 2.31. The molecule has 1 atom stereocenters. The van der Waals surface area contributed by atoms with Crippen molar-refractivity contribution < 1.29 is 19.5 Å². The summed E-state index contributed by atoms with van der Waals surface area (Å²) in [7, 11) is 0. The van der Waals surface area contributed by atoms with Gasteiger partial charge < -0.3 is 15.0 Å². The van der Waals surface area contributed by atoms with Crippen LogP contribution in [0.15, 0.2) is 42.5 Å². The molecule has 2 aromatic rings. The molecular formula is C26H33N3O4. The molecule has 0 aromatic heterocycles. The maximum absolute atomic E-state index is 13.0. The van der Waals surface area contributed by atoms with Gasteiger partial charge in [0.15, 0.2) is 0 Å². The first kappa shape index (κ1) is 23.3. The van der Waals surface area contributed by atoms with E-state index in [4.69, 9.17) is 9.94 Å². The number of hydrogen-bond acceptors (Lipinski definition) is 5. The van der Waals surface area contributed by atoms with Gasteiger partial charge in [0.1, 0.15) is 11.5 Å². The van der Waals surface area contributed by atoms with E-state index in [9.17, 15) is 9.59 Å². The molecule has 0 bridgehead atoms. The van der Waals surface area contributed by atoms with Gasteiger partial charge in [-0.3, -0.25) is 14.8 Å². The van der Waals surface area contributed by atoms with Crippen molar-refractivity contribution in [1.29, 1.82) is 0 Å². The normalized spacial score (nSPS) is 19.9. The quantitative estimate of drug-likeness (QED) is 0.460. The molecule has 1 unspecified atom stereocenters. The van der Waals surface area contributed by atoms with Gasteiger partial charge in [0, 0.05) is 30.1 Å². The van der Waals surface area contributed by atoms with Gasteiger partial charge >= 0.3 is 0 Å². The number of aryl methyl sites for hydroxylation is 1. The van der Waals surface area contributed by atoms with Crippen LogP contribution in [0.1, 0.15) is 54.6 Å². The zero-order valence-corrected chi connectivity index (χ0v) is 19.4. The largest absolute Gasteiger partial charge is 0.457 e. The molecule has 33 heavy (non-hydrogen) atoms. The van der Waals surface area contributed by atoms with Crippen molar-refractivity contribution >= 4 is 11.8 Å². The molecule has 7 nitrogen and oxygen atoms in total. The van der Waals surface area contributed by atoms with Crippen molar-refractivity contribution in [2.24, 2.45) is 5.92 Å². The molecule has 2 aliphatic rings. The molecule has 1 heterocycles. The average Bonchev–Trinajstić information content (AvgIpc) is 2.83. The fraction of sp³-hybridized carbons (Fsp3) is 0.462. The summed E-state index contributed by atoms with van der Waals surface area (Å²) in [4.78, 5) is 27.2. The summed E-state index contributed by atoms with van der Waals surface area (Å²) in [6.07, 6.45) is 3.94. The summed E-state index contributed by atoms with van der Waals surface area (Å²) in [5.74, 6) is 0.579. The maximum Gasteiger partial charge on any atom is 0.251 e. The Labute approximate surface area is 195 Å². The monoisotopic (exact) mass is 451 g/mol. The molecule has 1 fully saturated rings. The molecule has 7 heteroatoms. The smallest absolute Gasteiger partial charge is 0.251 e. The van der Waals surface area contributed by atoms with Crippen LogP contribution in [0, 0.1) is 5.92 Å². The number of nitrogens with one attached hydrogen (secondary N) is 2. The Morgan fingerprint density at radius 1 is 1.12 bits per heavy atom. The predicted octanol–water partition coefficient (Wildman–Crippen LogP) is 3.69. The Bertz CT molecular complexity index is 1010. The predicted molar refractivity (Wildman–Crippen MR) is 126 cm³/mol. The molecule has 1 aliphatic carbocycles. The Hall–Kier alpha value is -2.90. The van der Waals surface area contributed by atoms with E-state index in [0.717, 1.165) is 44.5 Å². The Kier molecular flexibility index (Phi) is 7.00. The van der Waals surface area contributed by atoms with E-state index >= 15 is 0 Å². The zero-order valence-electron chi connectivity index (χ0n) is 19.4. The number of hydrogen-bond donors (Lipinski definition) is 3. The van der Waals surface area contributed by atoms with Crippen LogP contribution in [0.25, 0.3) is 0 Å². The fourth-order valence-corrected chi connectivity index (χ4v) is 4.78. The molecule has 0 saturated carbocycles. The minimum Gasteiger partial charge on any atom is -0.457 e. The first-order valence-corrected chi connectivity index (χ1v) is 11.8. The SMILES string of the molecule is CCN1CCC(C)(NC(=O)c2cccc(Oc3ccc4c(c3)CC(C(=O)NO)CC4)c2)CC1. The van der Waals surface area contributed by atoms with Crippen LogP contribution >= 0.6 is 0 Å². The second kappa shape index (κ2) is 9.93. The van der Waals surface area contributed by atoms with Crippen LogP contribution < -0.4 is 15.5 Å². The molecular weight excluding hydrogens is 418 g/mol. The van der Waals surface area contributed by atoms with Crippen LogP contribution in [0.2, 0.25) is 0 Å². The minimum absolute atomic E-state index is 0.0869. The lowest BCUT2D eigenvalue weighted by Crippen LogP contribution is -2.53.